The molecule has 0 spiro atoms. The average molecular weight is 241 g/mol. The molecule has 0 bridgehead atoms. The van der Waals surface area contributed by atoms with E-state index in [4.69, 9.17) is 0 Å². The number of carboxylic acids is 1. The number of aliphatic carboxylic acids is 1. The molecule has 0 radical (unpaired) electrons. The lowest BCUT2D eigenvalue weighted by Gasteiger charge is -2.30. The first-order chi connectivity index (χ1) is 7.98. The largest absolute Gasteiger partial charge is 0.544 e. The van der Waals surface area contributed by atoms with Crippen molar-refractivity contribution in [3.8, 4) is 0 Å². The molecule has 0 fully saturated rings. The quantitative estimate of drug-likeness (QED) is 0.314. The minimum atomic E-state index is -0.959. The number of hydrogen-bond acceptors (Lipinski definition) is 2. The Morgan fingerprint density at radius 1 is 1.12 bits per heavy atom. The zero-order chi connectivity index (χ0) is 13.1. The van der Waals surface area contributed by atoms with E-state index >= 15 is 0 Å². The van der Waals surface area contributed by atoms with Crippen LogP contribution in [0.4, 0.5) is 0 Å². The fourth-order valence-electron chi connectivity index (χ4n) is 1.96. The van der Waals surface area contributed by atoms with Crippen molar-refractivity contribution in [1.82, 2.24) is 0 Å². The van der Waals surface area contributed by atoms with Gasteiger partial charge in [0.15, 0.2) is 0 Å². The molecule has 100 valence electrons. The number of quaternary nitrogens is 1. The van der Waals surface area contributed by atoms with E-state index in [1.807, 2.05) is 20.2 Å². The Labute approximate surface area is 106 Å². The van der Waals surface area contributed by atoms with Crippen LogP contribution in [-0.2, 0) is 4.79 Å². The molecule has 0 aliphatic heterocycles. The third kappa shape index (κ3) is 11.4. The molecule has 17 heavy (non-hydrogen) atoms. The molecule has 0 saturated carbocycles. The van der Waals surface area contributed by atoms with Crippen LogP contribution in [0.25, 0.3) is 0 Å². The summed E-state index contributed by atoms with van der Waals surface area (Å²) in [6, 6.07) is 0. The van der Waals surface area contributed by atoms with E-state index < -0.39 is 5.97 Å². The minimum Gasteiger partial charge on any atom is -0.544 e. The summed E-state index contributed by atoms with van der Waals surface area (Å²) in [6.45, 7) is 4.73. The highest BCUT2D eigenvalue weighted by Crippen LogP contribution is 2.09. The Balaban J connectivity index is 3.38. The van der Waals surface area contributed by atoms with E-state index in [-0.39, 0.29) is 6.54 Å². The molecule has 0 unspecified atom stereocenters. The number of carboxylic acid groups (broad SMARTS) is 1. The summed E-state index contributed by atoms with van der Waals surface area (Å²) in [7, 11) is 3.89. The molecule has 0 amide bonds. The summed E-state index contributed by atoms with van der Waals surface area (Å²) in [6.07, 6.45) is 10.4. The van der Waals surface area contributed by atoms with Gasteiger partial charge in [-0.1, -0.05) is 25.3 Å². The van der Waals surface area contributed by atoms with Crippen LogP contribution in [0, 0.1) is 0 Å². The first-order valence-electron chi connectivity index (χ1n) is 6.61. The summed E-state index contributed by atoms with van der Waals surface area (Å²) in [5, 5.41) is 10.5. The highest BCUT2D eigenvalue weighted by Gasteiger charge is 2.13. The predicted molar refractivity (Wildman–Crippen MR) is 69.4 cm³/mol. The van der Waals surface area contributed by atoms with Gasteiger partial charge in [0.05, 0.1) is 26.6 Å². The maximum atomic E-state index is 10.5. The molecule has 0 aliphatic carbocycles. The molecular weight excluding hydrogens is 214 g/mol. The third-order valence-electron chi connectivity index (χ3n) is 2.98. The molecule has 0 N–H and O–H groups in total. The van der Waals surface area contributed by atoms with Crippen molar-refractivity contribution >= 4 is 5.97 Å². The molecule has 0 aliphatic rings. The van der Waals surface area contributed by atoms with Crippen LogP contribution in [0.5, 0.6) is 0 Å². The topological polar surface area (TPSA) is 40.1 Å². The number of likely N-dealkylation sites (N-methyl/N-ethyl adjacent to an activating group) is 1. The number of nitrogens with zero attached hydrogens (tertiary/aromatic N) is 1. The van der Waals surface area contributed by atoms with Gasteiger partial charge in [-0.05, 0) is 25.7 Å². The van der Waals surface area contributed by atoms with E-state index in [2.05, 4.69) is 6.58 Å². The van der Waals surface area contributed by atoms with Crippen LogP contribution in [-0.4, -0.2) is 37.6 Å². The van der Waals surface area contributed by atoms with Crippen molar-refractivity contribution in [3.05, 3.63) is 12.7 Å². The standard InChI is InChI=1S/C14H27NO2/c1-4-5-6-7-8-9-10-11-12-15(2,3)13-14(16)17/h4H,1,5-13H2,2-3H3. The van der Waals surface area contributed by atoms with Gasteiger partial charge in [-0.25, -0.2) is 0 Å². The highest BCUT2D eigenvalue weighted by molar-refractivity contribution is 5.65. The summed E-state index contributed by atoms with van der Waals surface area (Å²) in [5.74, 6) is -0.959. The van der Waals surface area contributed by atoms with Gasteiger partial charge in [-0.2, -0.15) is 0 Å². The minimum absolute atomic E-state index is 0.110. The number of hydrogen-bond donors (Lipinski definition) is 0. The van der Waals surface area contributed by atoms with Gasteiger partial charge in [0, 0.05) is 0 Å². The summed E-state index contributed by atoms with van der Waals surface area (Å²) in [4.78, 5) is 10.5. The lowest BCUT2D eigenvalue weighted by Crippen LogP contribution is -2.48. The molecule has 0 heterocycles. The summed E-state index contributed by atoms with van der Waals surface area (Å²) >= 11 is 0. The van der Waals surface area contributed by atoms with Gasteiger partial charge < -0.3 is 14.4 Å². The monoisotopic (exact) mass is 241 g/mol. The van der Waals surface area contributed by atoms with Crippen molar-refractivity contribution in [1.29, 1.82) is 0 Å². The van der Waals surface area contributed by atoms with Crippen LogP contribution in [0.3, 0.4) is 0 Å². The summed E-state index contributed by atoms with van der Waals surface area (Å²) < 4.78 is 0.527. The van der Waals surface area contributed by atoms with Crippen LogP contribution in [0.1, 0.15) is 44.9 Å². The molecular formula is C14H27NO2. The Bertz CT molecular complexity index is 224. The fourth-order valence-corrected chi connectivity index (χ4v) is 1.96. The third-order valence-corrected chi connectivity index (χ3v) is 2.98. The second-order valence-electron chi connectivity index (χ2n) is 5.39. The van der Waals surface area contributed by atoms with Crippen LogP contribution >= 0.6 is 0 Å². The van der Waals surface area contributed by atoms with E-state index in [0.29, 0.717) is 4.48 Å². The lowest BCUT2D eigenvalue weighted by atomic mass is 10.1. The normalized spacial score (nSPS) is 11.4. The molecule has 0 rings (SSSR count). The van der Waals surface area contributed by atoms with Gasteiger partial charge in [-0.15, -0.1) is 6.58 Å². The number of carbonyl (C=O) groups is 1. The Hall–Kier alpha value is -0.830. The molecule has 0 saturated heterocycles. The zero-order valence-corrected chi connectivity index (χ0v) is 11.4. The first kappa shape index (κ1) is 16.2. The van der Waals surface area contributed by atoms with Crippen molar-refractivity contribution in [3.63, 3.8) is 0 Å². The van der Waals surface area contributed by atoms with Crippen molar-refractivity contribution in [2.75, 3.05) is 27.2 Å². The number of carbonyl (C=O) groups excluding carboxylic acids is 1. The van der Waals surface area contributed by atoms with Crippen LogP contribution in [0.2, 0.25) is 0 Å². The van der Waals surface area contributed by atoms with Crippen molar-refractivity contribution in [2.45, 2.75) is 44.9 Å². The van der Waals surface area contributed by atoms with Crippen molar-refractivity contribution in [2.24, 2.45) is 0 Å². The Kier molecular flexibility index (Phi) is 8.78. The molecule has 0 aromatic heterocycles. The van der Waals surface area contributed by atoms with Crippen molar-refractivity contribution < 1.29 is 14.4 Å². The SMILES string of the molecule is C=CCCCCCCCC[N+](C)(C)CC(=O)[O-]. The highest BCUT2D eigenvalue weighted by atomic mass is 16.4. The van der Waals surface area contributed by atoms with Gasteiger partial charge in [0.2, 0.25) is 0 Å². The summed E-state index contributed by atoms with van der Waals surface area (Å²) in [5.41, 5.74) is 0. The molecule has 3 nitrogen and oxygen atoms in total. The molecule has 0 aromatic rings. The maximum absolute atomic E-state index is 10.5. The number of rotatable bonds is 11. The second kappa shape index (κ2) is 9.23. The lowest BCUT2D eigenvalue weighted by molar-refractivity contribution is -0.885. The zero-order valence-electron chi connectivity index (χ0n) is 11.4. The van der Waals surface area contributed by atoms with Gasteiger partial charge >= 0.3 is 0 Å². The first-order valence-corrected chi connectivity index (χ1v) is 6.61. The second-order valence-corrected chi connectivity index (χ2v) is 5.39. The maximum Gasteiger partial charge on any atom is 0.119 e. The number of allylic oxidation sites excluding steroid dienone is 1. The Morgan fingerprint density at radius 3 is 2.18 bits per heavy atom. The fraction of sp³-hybridized carbons (Fsp3) is 0.786. The van der Waals surface area contributed by atoms with E-state index in [0.717, 1.165) is 19.4 Å². The van der Waals surface area contributed by atoms with Crippen LogP contribution in [0.15, 0.2) is 12.7 Å². The Morgan fingerprint density at radius 2 is 1.65 bits per heavy atom. The van der Waals surface area contributed by atoms with Gasteiger partial charge in [0.1, 0.15) is 6.54 Å². The van der Waals surface area contributed by atoms with Gasteiger partial charge in [0.25, 0.3) is 0 Å². The molecule has 0 atom stereocenters. The van der Waals surface area contributed by atoms with Crippen LogP contribution < -0.4 is 5.11 Å². The predicted octanol–water partition coefficient (Wildman–Crippen LogP) is 1.73. The van der Waals surface area contributed by atoms with E-state index in [1.165, 1.54) is 32.1 Å². The van der Waals surface area contributed by atoms with E-state index in [9.17, 15) is 9.90 Å². The van der Waals surface area contributed by atoms with E-state index in [1.54, 1.807) is 0 Å². The average Bonchev–Trinajstić information content (AvgIpc) is 2.20. The molecule has 0 aromatic carbocycles. The smallest absolute Gasteiger partial charge is 0.119 e. The van der Waals surface area contributed by atoms with Gasteiger partial charge in [-0.3, -0.25) is 0 Å². The number of unbranched alkanes of at least 4 members (excludes halogenated alkanes) is 6. The molecule has 3 heteroatoms.